The SMILES string of the molecule is Cc1c(-c2ccc(C(N)O)c3[nH]ccc23)cccc1-n1cnc2ccc(Cl)cc2c1=O. The number of aromatic amines is 1. The third-order valence-corrected chi connectivity index (χ3v) is 5.88. The Labute approximate surface area is 182 Å². The van der Waals surface area contributed by atoms with Crippen LogP contribution in [0.15, 0.2) is 71.9 Å². The fraction of sp³-hybridized carbons (Fsp3) is 0.0833. The molecular formula is C24H19ClN4O2. The highest BCUT2D eigenvalue weighted by Crippen LogP contribution is 2.35. The maximum absolute atomic E-state index is 13.2. The first-order valence-electron chi connectivity index (χ1n) is 9.76. The number of aliphatic hydroxyl groups is 1. The zero-order valence-electron chi connectivity index (χ0n) is 16.6. The molecule has 0 spiro atoms. The second-order valence-electron chi connectivity index (χ2n) is 7.44. The van der Waals surface area contributed by atoms with E-state index in [2.05, 4.69) is 9.97 Å². The van der Waals surface area contributed by atoms with E-state index in [1.54, 1.807) is 29.1 Å². The van der Waals surface area contributed by atoms with Crippen molar-refractivity contribution in [3.63, 3.8) is 0 Å². The third-order valence-electron chi connectivity index (χ3n) is 5.65. The minimum absolute atomic E-state index is 0.179. The van der Waals surface area contributed by atoms with Gasteiger partial charge in [0.1, 0.15) is 12.6 Å². The Hall–Kier alpha value is -3.45. The van der Waals surface area contributed by atoms with E-state index in [9.17, 15) is 9.90 Å². The van der Waals surface area contributed by atoms with Crippen molar-refractivity contribution in [1.29, 1.82) is 0 Å². The molecule has 2 heterocycles. The van der Waals surface area contributed by atoms with Crippen molar-refractivity contribution < 1.29 is 5.11 Å². The maximum Gasteiger partial charge on any atom is 0.265 e. The molecule has 0 amide bonds. The van der Waals surface area contributed by atoms with Crippen molar-refractivity contribution in [2.45, 2.75) is 13.2 Å². The molecule has 5 aromatic rings. The summed E-state index contributed by atoms with van der Waals surface area (Å²) in [5, 5.41) is 11.8. The van der Waals surface area contributed by atoms with E-state index in [0.717, 1.165) is 33.3 Å². The van der Waals surface area contributed by atoms with Gasteiger partial charge in [-0.05, 0) is 53.9 Å². The summed E-state index contributed by atoms with van der Waals surface area (Å²) in [6.45, 7) is 1.98. The van der Waals surface area contributed by atoms with Crippen molar-refractivity contribution in [2.75, 3.05) is 0 Å². The number of hydrogen-bond acceptors (Lipinski definition) is 4. The molecule has 5 rings (SSSR count). The van der Waals surface area contributed by atoms with Gasteiger partial charge in [0.25, 0.3) is 5.56 Å². The zero-order chi connectivity index (χ0) is 21.7. The highest BCUT2D eigenvalue weighted by Gasteiger charge is 2.16. The molecule has 154 valence electrons. The van der Waals surface area contributed by atoms with Crippen LogP contribution in [0.25, 0.3) is 38.6 Å². The second kappa shape index (κ2) is 7.35. The summed E-state index contributed by atoms with van der Waals surface area (Å²) in [7, 11) is 0. The molecule has 4 N–H and O–H groups in total. The van der Waals surface area contributed by atoms with Gasteiger partial charge in [-0.25, -0.2) is 4.98 Å². The van der Waals surface area contributed by atoms with Crippen LogP contribution >= 0.6 is 11.6 Å². The Bertz CT molecular complexity index is 1520. The van der Waals surface area contributed by atoms with Gasteiger partial charge in [-0.2, -0.15) is 0 Å². The summed E-state index contributed by atoms with van der Waals surface area (Å²) in [4.78, 5) is 20.8. The number of nitrogens with zero attached hydrogens (tertiary/aromatic N) is 2. The number of halogens is 1. The topological polar surface area (TPSA) is 96.9 Å². The van der Waals surface area contributed by atoms with Gasteiger partial charge in [0.2, 0.25) is 0 Å². The van der Waals surface area contributed by atoms with E-state index in [0.29, 0.717) is 21.5 Å². The largest absolute Gasteiger partial charge is 0.374 e. The van der Waals surface area contributed by atoms with Crippen LogP contribution in [0.3, 0.4) is 0 Å². The lowest BCUT2D eigenvalue weighted by Gasteiger charge is -2.16. The molecule has 7 heteroatoms. The second-order valence-corrected chi connectivity index (χ2v) is 7.88. The molecular weight excluding hydrogens is 412 g/mol. The van der Waals surface area contributed by atoms with Crippen LogP contribution in [0.4, 0.5) is 0 Å². The van der Waals surface area contributed by atoms with Crippen LogP contribution in [0.2, 0.25) is 5.02 Å². The molecule has 2 aromatic heterocycles. The van der Waals surface area contributed by atoms with Crippen LogP contribution in [0.5, 0.6) is 0 Å². The first kappa shape index (κ1) is 19.5. The molecule has 0 saturated carbocycles. The smallest absolute Gasteiger partial charge is 0.265 e. The summed E-state index contributed by atoms with van der Waals surface area (Å²) in [6, 6.07) is 16.6. The number of hydrogen-bond donors (Lipinski definition) is 3. The zero-order valence-corrected chi connectivity index (χ0v) is 17.4. The quantitative estimate of drug-likeness (QED) is 0.368. The van der Waals surface area contributed by atoms with E-state index < -0.39 is 6.23 Å². The van der Waals surface area contributed by atoms with Gasteiger partial charge in [-0.15, -0.1) is 0 Å². The fourth-order valence-corrected chi connectivity index (χ4v) is 4.27. The van der Waals surface area contributed by atoms with E-state index in [1.165, 1.54) is 0 Å². The van der Waals surface area contributed by atoms with Crippen LogP contribution < -0.4 is 11.3 Å². The molecule has 0 radical (unpaired) electrons. The lowest BCUT2D eigenvalue weighted by atomic mass is 9.94. The number of H-pyrrole nitrogens is 1. The monoisotopic (exact) mass is 430 g/mol. The number of benzene rings is 3. The van der Waals surface area contributed by atoms with Gasteiger partial charge in [0.15, 0.2) is 0 Å². The van der Waals surface area contributed by atoms with Gasteiger partial charge in [0.05, 0.1) is 22.1 Å². The fourth-order valence-electron chi connectivity index (χ4n) is 4.10. The predicted molar refractivity (Wildman–Crippen MR) is 124 cm³/mol. The summed E-state index contributed by atoms with van der Waals surface area (Å²) >= 11 is 6.10. The molecule has 0 bridgehead atoms. The van der Waals surface area contributed by atoms with Crippen molar-refractivity contribution in [2.24, 2.45) is 5.73 Å². The molecule has 31 heavy (non-hydrogen) atoms. The molecule has 0 saturated heterocycles. The van der Waals surface area contributed by atoms with E-state index in [4.69, 9.17) is 17.3 Å². The Morgan fingerprint density at radius 2 is 1.94 bits per heavy atom. The molecule has 1 atom stereocenters. The van der Waals surface area contributed by atoms with Crippen molar-refractivity contribution in [3.05, 3.63) is 93.6 Å². The average molecular weight is 431 g/mol. The minimum atomic E-state index is -1.07. The standard InChI is InChI=1S/C24H19ClN4O2/c1-13-15(16-6-7-18(23(26)30)22-17(16)9-10-27-22)3-2-4-21(13)29-12-28-20-8-5-14(25)11-19(20)24(29)31/h2-12,23,27,30H,26H2,1H3. The molecule has 0 aliphatic rings. The van der Waals surface area contributed by atoms with Gasteiger partial charge in [-0.1, -0.05) is 35.9 Å². The third kappa shape index (κ3) is 3.13. The summed E-state index contributed by atoms with van der Waals surface area (Å²) in [5.74, 6) is 0. The summed E-state index contributed by atoms with van der Waals surface area (Å²) < 4.78 is 1.55. The van der Waals surface area contributed by atoms with Gasteiger partial charge < -0.3 is 15.8 Å². The van der Waals surface area contributed by atoms with Gasteiger partial charge >= 0.3 is 0 Å². The first-order valence-corrected chi connectivity index (χ1v) is 10.1. The van der Waals surface area contributed by atoms with Crippen LogP contribution in [-0.2, 0) is 0 Å². The van der Waals surface area contributed by atoms with Crippen LogP contribution in [0, 0.1) is 6.92 Å². The minimum Gasteiger partial charge on any atom is -0.374 e. The van der Waals surface area contributed by atoms with E-state index >= 15 is 0 Å². The number of nitrogens with two attached hydrogens (primary N) is 1. The van der Waals surface area contributed by atoms with Crippen LogP contribution in [0.1, 0.15) is 17.4 Å². The number of rotatable bonds is 3. The number of aliphatic hydroxyl groups excluding tert-OH is 1. The molecule has 0 aliphatic heterocycles. The molecule has 0 fully saturated rings. The van der Waals surface area contributed by atoms with E-state index in [-0.39, 0.29) is 5.56 Å². The highest BCUT2D eigenvalue weighted by atomic mass is 35.5. The average Bonchev–Trinajstić information content (AvgIpc) is 3.24. The van der Waals surface area contributed by atoms with Crippen molar-refractivity contribution >= 4 is 33.4 Å². The molecule has 3 aromatic carbocycles. The maximum atomic E-state index is 13.2. The molecule has 0 aliphatic carbocycles. The number of fused-ring (bicyclic) bond motifs is 2. The predicted octanol–water partition coefficient (Wildman–Crippen LogP) is 4.45. The van der Waals surface area contributed by atoms with Gasteiger partial charge in [0, 0.05) is 22.2 Å². The first-order chi connectivity index (χ1) is 15.0. The van der Waals surface area contributed by atoms with E-state index in [1.807, 2.05) is 49.5 Å². The number of aromatic nitrogens is 3. The lowest BCUT2D eigenvalue weighted by Crippen LogP contribution is -2.19. The molecule has 6 nitrogen and oxygen atoms in total. The Morgan fingerprint density at radius 1 is 1.10 bits per heavy atom. The van der Waals surface area contributed by atoms with Gasteiger partial charge in [-0.3, -0.25) is 9.36 Å². The lowest BCUT2D eigenvalue weighted by molar-refractivity contribution is 0.187. The Balaban J connectivity index is 1.73. The van der Waals surface area contributed by atoms with Crippen LogP contribution in [-0.4, -0.2) is 19.6 Å². The van der Waals surface area contributed by atoms with Crippen molar-refractivity contribution in [3.8, 4) is 16.8 Å². The Kier molecular flexibility index (Phi) is 4.63. The van der Waals surface area contributed by atoms with Crippen molar-refractivity contribution in [1.82, 2.24) is 14.5 Å². The molecule has 1 unspecified atom stereocenters. The highest BCUT2D eigenvalue weighted by molar-refractivity contribution is 6.31. The normalized spacial score (nSPS) is 12.5. The summed E-state index contributed by atoms with van der Waals surface area (Å²) in [6.07, 6.45) is 2.29. The number of nitrogens with one attached hydrogen (secondary N) is 1. The summed E-state index contributed by atoms with van der Waals surface area (Å²) in [5.41, 5.74) is 11.2. The Morgan fingerprint density at radius 3 is 2.74 bits per heavy atom.